The van der Waals surface area contributed by atoms with Crippen molar-refractivity contribution in [3.63, 3.8) is 0 Å². The third-order valence-electron chi connectivity index (χ3n) is 5.50. The summed E-state index contributed by atoms with van der Waals surface area (Å²) in [4.78, 5) is 12.7. The van der Waals surface area contributed by atoms with Crippen molar-refractivity contribution in [3.8, 4) is 11.3 Å². The fraction of sp³-hybridized carbons (Fsp3) is 0.179. The Morgan fingerprint density at radius 3 is 2.39 bits per heavy atom. The Labute approximate surface area is 194 Å². The van der Waals surface area contributed by atoms with E-state index in [0.29, 0.717) is 11.4 Å². The minimum absolute atomic E-state index is 0.0782. The standard InChI is InChI=1S/C28H28N4O/c1-20-11-15-23(16-12-20)26-17-18-27(32-31-26)30-25-10-6-9-24(19-25)28(33)29-21(2)13-14-22-7-4-3-5-8-22/h3-12,15-19,21H,13-14H2,1-2H3,(H,29,33)(H,30,32)/t21-/m1/s1. The maximum Gasteiger partial charge on any atom is 0.251 e. The molecule has 0 fully saturated rings. The Hall–Kier alpha value is -3.99. The molecular formula is C28H28N4O. The molecule has 1 heterocycles. The Bertz CT molecular complexity index is 1190. The molecule has 0 spiro atoms. The van der Waals surface area contributed by atoms with Crippen molar-refractivity contribution in [2.24, 2.45) is 0 Å². The minimum Gasteiger partial charge on any atom is -0.350 e. The van der Waals surface area contributed by atoms with E-state index >= 15 is 0 Å². The fourth-order valence-corrected chi connectivity index (χ4v) is 3.57. The number of aromatic nitrogens is 2. The highest BCUT2D eigenvalue weighted by Gasteiger charge is 2.11. The quantitative estimate of drug-likeness (QED) is 0.358. The predicted octanol–water partition coefficient (Wildman–Crippen LogP) is 5.95. The lowest BCUT2D eigenvalue weighted by atomic mass is 10.1. The van der Waals surface area contributed by atoms with Gasteiger partial charge in [-0.1, -0.05) is 66.2 Å². The molecule has 3 aromatic carbocycles. The molecule has 0 bridgehead atoms. The van der Waals surface area contributed by atoms with Gasteiger partial charge < -0.3 is 10.6 Å². The molecule has 1 amide bonds. The van der Waals surface area contributed by atoms with Crippen molar-refractivity contribution < 1.29 is 4.79 Å². The summed E-state index contributed by atoms with van der Waals surface area (Å²) in [6.07, 6.45) is 1.82. The van der Waals surface area contributed by atoms with Gasteiger partial charge in [0.2, 0.25) is 0 Å². The average Bonchev–Trinajstić information content (AvgIpc) is 2.85. The Kier molecular flexibility index (Phi) is 7.10. The van der Waals surface area contributed by atoms with E-state index in [1.54, 1.807) is 0 Å². The van der Waals surface area contributed by atoms with Gasteiger partial charge in [-0.15, -0.1) is 10.2 Å². The number of rotatable bonds is 8. The van der Waals surface area contributed by atoms with Crippen molar-refractivity contribution in [2.75, 3.05) is 5.32 Å². The van der Waals surface area contributed by atoms with Crippen molar-refractivity contribution in [3.05, 3.63) is 108 Å². The molecule has 1 atom stereocenters. The molecule has 166 valence electrons. The van der Waals surface area contributed by atoms with E-state index < -0.39 is 0 Å². The summed E-state index contributed by atoms with van der Waals surface area (Å²) >= 11 is 0. The van der Waals surface area contributed by atoms with Crippen LogP contribution in [0, 0.1) is 6.92 Å². The average molecular weight is 437 g/mol. The van der Waals surface area contributed by atoms with Crippen LogP contribution < -0.4 is 10.6 Å². The Balaban J connectivity index is 1.35. The predicted molar refractivity (Wildman–Crippen MR) is 134 cm³/mol. The number of carbonyl (C=O) groups is 1. The van der Waals surface area contributed by atoms with Crippen LogP contribution in [0.3, 0.4) is 0 Å². The van der Waals surface area contributed by atoms with Gasteiger partial charge >= 0.3 is 0 Å². The Morgan fingerprint density at radius 2 is 1.67 bits per heavy atom. The van der Waals surface area contributed by atoms with Crippen molar-refractivity contribution in [1.29, 1.82) is 0 Å². The van der Waals surface area contributed by atoms with Gasteiger partial charge in [0.05, 0.1) is 5.69 Å². The fourth-order valence-electron chi connectivity index (χ4n) is 3.57. The van der Waals surface area contributed by atoms with Crippen LogP contribution in [0.5, 0.6) is 0 Å². The molecule has 0 radical (unpaired) electrons. The van der Waals surface area contributed by atoms with Crippen LogP contribution >= 0.6 is 0 Å². The van der Waals surface area contributed by atoms with E-state index in [9.17, 15) is 4.79 Å². The summed E-state index contributed by atoms with van der Waals surface area (Å²) in [5, 5.41) is 14.9. The molecule has 5 heteroatoms. The Morgan fingerprint density at radius 1 is 0.879 bits per heavy atom. The van der Waals surface area contributed by atoms with Gasteiger partial charge in [0.25, 0.3) is 5.91 Å². The highest BCUT2D eigenvalue weighted by Crippen LogP contribution is 2.20. The first-order valence-electron chi connectivity index (χ1n) is 11.2. The van der Waals surface area contributed by atoms with Gasteiger partial charge in [-0.25, -0.2) is 0 Å². The molecule has 2 N–H and O–H groups in total. The lowest BCUT2D eigenvalue weighted by Crippen LogP contribution is -2.32. The number of anilines is 2. The zero-order chi connectivity index (χ0) is 23.0. The van der Waals surface area contributed by atoms with Gasteiger partial charge in [0.1, 0.15) is 0 Å². The first kappa shape index (κ1) is 22.2. The van der Waals surface area contributed by atoms with Crippen LogP contribution in [0.15, 0.2) is 91.0 Å². The molecule has 0 saturated carbocycles. The van der Waals surface area contributed by atoms with E-state index in [1.807, 2.05) is 73.7 Å². The number of hydrogen-bond acceptors (Lipinski definition) is 4. The monoisotopic (exact) mass is 436 g/mol. The number of carbonyl (C=O) groups excluding carboxylic acids is 1. The SMILES string of the molecule is Cc1ccc(-c2ccc(Nc3cccc(C(=O)N[C@H](C)CCc4ccccc4)c3)nn2)cc1. The molecule has 4 rings (SSSR count). The summed E-state index contributed by atoms with van der Waals surface area (Å²) in [7, 11) is 0. The topological polar surface area (TPSA) is 66.9 Å². The summed E-state index contributed by atoms with van der Waals surface area (Å²) < 4.78 is 0. The molecule has 0 unspecified atom stereocenters. The minimum atomic E-state index is -0.0833. The first-order chi connectivity index (χ1) is 16.1. The van der Waals surface area contributed by atoms with Crippen molar-refractivity contribution >= 4 is 17.4 Å². The summed E-state index contributed by atoms with van der Waals surface area (Å²) in [5.41, 5.74) is 5.73. The highest BCUT2D eigenvalue weighted by atomic mass is 16.1. The maximum absolute atomic E-state index is 12.7. The number of nitrogens with one attached hydrogen (secondary N) is 2. The van der Waals surface area contributed by atoms with Crippen molar-refractivity contribution in [2.45, 2.75) is 32.7 Å². The summed E-state index contributed by atoms with van der Waals surface area (Å²) in [5.74, 6) is 0.541. The normalized spacial score (nSPS) is 11.6. The molecule has 33 heavy (non-hydrogen) atoms. The van der Waals surface area contributed by atoms with Crippen LogP contribution in [0.4, 0.5) is 11.5 Å². The second-order valence-electron chi connectivity index (χ2n) is 8.27. The lowest BCUT2D eigenvalue weighted by molar-refractivity contribution is 0.0938. The number of amides is 1. The number of hydrogen-bond donors (Lipinski definition) is 2. The second kappa shape index (κ2) is 10.6. The van der Waals surface area contributed by atoms with Crippen LogP contribution in [-0.2, 0) is 6.42 Å². The van der Waals surface area contributed by atoms with Gasteiger partial charge in [0, 0.05) is 22.9 Å². The van der Waals surface area contributed by atoms with Crippen molar-refractivity contribution in [1.82, 2.24) is 15.5 Å². The van der Waals surface area contributed by atoms with E-state index in [1.165, 1.54) is 11.1 Å². The third-order valence-corrected chi connectivity index (χ3v) is 5.50. The van der Waals surface area contributed by atoms with Crippen LogP contribution in [0.1, 0.15) is 34.8 Å². The summed E-state index contributed by atoms with van der Waals surface area (Å²) in [6, 6.07) is 29.8. The summed E-state index contributed by atoms with van der Waals surface area (Å²) in [6.45, 7) is 4.09. The zero-order valence-corrected chi connectivity index (χ0v) is 19.0. The number of benzene rings is 3. The molecule has 0 aliphatic rings. The van der Waals surface area contributed by atoms with Gasteiger partial charge in [-0.2, -0.15) is 0 Å². The second-order valence-corrected chi connectivity index (χ2v) is 8.27. The molecule has 4 aromatic rings. The van der Waals surface area contributed by atoms with Crippen LogP contribution in [-0.4, -0.2) is 22.1 Å². The highest BCUT2D eigenvalue weighted by molar-refractivity contribution is 5.95. The molecule has 1 aromatic heterocycles. The van der Waals surface area contributed by atoms with Gasteiger partial charge in [0.15, 0.2) is 5.82 Å². The number of nitrogens with zero attached hydrogens (tertiary/aromatic N) is 2. The van der Waals surface area contributed by atoms with Crippen LogP contribution in [0.25, 0.3) is 11.3 Å². The molecular weight excluding hydrogens is 408 g/mol. The third kappa shape index (κ3) is 6.26. The largest absolute Gasteiger partial charge is 0.350 e. The molecule has 0 aliphatic carbocycles. The smallest absolute Gasteiger partial charge is 0.251 e. The van der Waals surface area contributed by atoms with E-state index in [4.69, 9.17) is 0 Å². The number of aryl methyl sites for hydroxylation is 2. The lowest BCUT2D eigenvalue weighted by Gasteiger charge is -2.14. The molecule has 5 nitrogen and oxygen atoms in total. The van der Waals surface area contributed by atoms with E-state index in [2.05, 4.69) is 52.0 Å². The van der Waals surface area contributed by atoms with Gasteiger partial charge in [-0.05, 0) is 62.6 Å². The van der Waals surface area contributed by atoms with E-state index in [-0.39, 0.29) is 11.9 Å². The van der Waals surface area contributed by atoms with Crippen LogP contribution in [0.2, 0.25) is 0 Å². The molecule has 0 saturated heterocycles. The zero-order valence-electron chi connectivity index (χ0n) is 19.0. The van der Waals surface area contributed by atoms with Gasteiger partial charge in [-0.3, -0.25) is 4.79 Å². The maximum atomic E-state index is 12.7. The first-order valence-corrected chi connectivity index (χ1v) is 11.2. The van der Waals surface area contributed by atoms with E-state index in [0.717, 1.165) is 29.8 Å². The molecule has 0 aliphatic heterocycles.